The first-order chi connectivity index (χ1) is 10.2. The molecule has 1 aromatic rings. The van der Waals surface area contributed by atoms with Crippen molar-refractivity contribution in [1.29, 1.82) is 0 Å². The minimum Gasteiger partial charge on any atom is -0.490 e. The van der Waals surface area contributed by atoms with Crippen molar-refractivity contribution in [3.05, 3.63) is 23.8 Å². The Morgan fingerprint density at radius 3 is 2.81 bits per heavy atom. The van der Waals surface area contributed by atoms with Crippen LogP contribution in [0.1, 0.15) is 25.3 Å². The van der Waals surface area contributed by atoms with Gasteiger partial charge in [-0.15, -0.1) is 0 Å². The number of carbonyl (C=O) groups is 1. The third-order valence-electron chi connectivity index (χ3n) is 3.43. The highest BCUT2D eigenvalue weighted by molar-refractivity contribution is 5.70. The molecular formula is C16H23NO4. The van der Waals surface area contributed by atoms with Gasteiger partial charge in [-0.3, -0.25) is 4.79 Å². The largest absolute Gasteiger partial charge is 0.490 e. The van der Waals surface area contributed by atoms with Crippen LogP contribution >= 0.6 is 0 Å². The van der Waals surface area contributed by atoms with Crippen molar-refractivity contribution in [3.8, 4) is 11.5 Å². The van der Waals surface area contributed by atoms with Gasteiger partial charge in [0.05, 0.1) is 26.7 Å². The monoisotopic (exact) mass is 293 g/mol. The number of ether oxygens (including phenoxy) is 3. The Bertz CT molecular complexity index is 475. The molecule has 1 atom stereocenters. The molecule has 5 heteroatoms. The van der Waals surface area contributed by atoms with Crippen molar-refractivity contribution >= 4 is 5.97 Å². The lowest BCUT2D eigenvalue weighted by molar-refractivity contribution is -0.141. The van der Waals surface area contributed by atoms with E-state index < -0.39 is 0 Å². The summed E-state index contributed by atoms with van der Waals surface area (Å²) in [6.45, 7) is 4.20. The summed E-state index contributed by atoms with van der Waals surface area (Å²) in [5.74, 6) is 1.39. The van der Waals surface area contributed by atoms with Gasteiger partial charge in [-0.05, 0) is 30.7 Å². The van der Waals surface area contributed by atoms with Crippen LogP contribution in [0.2, 0.25) is 0 Å². The highest BCUT2D eigenvalue weighted by Crippen LogP contribution is 2.30. The second-order valence-electron chi connectivity index (χ2n) is 5.07. The zero-order valence-corrected chi connectivity index (χ0v) is 12.7. The number of esters is 1. The lowest BCUT2D eigenvalue weighted by Crippen LogP contribution is -2.33. The summed E-state index contributed by atoms with van der Waals surface area (Å²) in [6, 6.07) is 6.03. The molecule has 1 aliphatic rings. The normalized spacial score (nSPS) is 15.1. The van der Waals surface area contributed by atoms with E-state index in [0.29, 0.717) is 19.6 Å². The summed E-state index contributed by atoms with van der Waals surface area (Å²) in [5.41, 5.74) is 1.12. The Kier molecular flexibility index (Phi) is 5.87. The number of hydrogen-bond donors (Lipinski definition) is 1. The molecule has 1 N–H and O–H groups in total. The van der Waals surface area contributed by atoms with Crippen LogP contribution in [0.3, 0.4) is 0 Å². The van der Waals surface area contributed by atoms with Gasteiger partial charge in [-0.1, -0.05) is 13.0 Å². The Morgan fingerprint density at radius 2 is 2.10 bits per heavy atom. The lowest BCUT2D eigenvalue weighted by Gasteiger charge is -2.17. The molecule has 5 nitrogen and oxygen atoms in total. The fourth-order valence-electron chi connectivity index (χ4n) is 2.41. The molecule has 21 heavy (non-hydrogen) atoms. The van der Waals surface area contributed by atoms with Crippen LogP contribution in [0.25, 0.3) is 0 Å². The van der Waals surface area contributed by atoms with Gasteiger partial charge in [0.2, 0.25) is 0 Å². The quantitative estimate of drug-likeness (QED) is 0.812. The SMILES string of the molecule is CCNC(CC(=O)OC)Cc1ccc2c(c1)OCCCO2. The smallest absolute Gasteiger partial charge is 0.307 e. The minimum atomic E-state index is -0.199. The molecule has 116 valence electrons. The van der Waals surface area contributed by atoms with E-state index in [1.165, 1.54) is 7.11 Å². The molecule has 0 amide bonds. The van der Waals surface area contributed by atoms with Gasteiger partial charge in [0.25, 0.3) is 0 Å². The predicted molar refractivity (Wildman–Crippen MR) is 79.9 cm³/mol. The molecule has 0 bridgehead atoms. The Balaban J connectivity index is 2.05. The molecule has 1 aromatic carbocycles. The maximum absolute atomic E-state index is 11.5. The van der Waals surface area contributed by atoms with Crippen LogP contribution < -0.4 is 14.8 Å². The van der Waals surface area contributed by atoms with Crippen LogP contribution in [0.5, 0.6) is 11.5 Å². The number of carbonyl (C=O) groups excluding carboxylic acids is 1. The molecule has 0 saturated carbocycles. The lowest BCUT2D eigenvalue weighted by atomic mass is 10.0. The third kappa shape index (κ3) is 4.63. The second-order valence-corrected chi connectivity index (χ2v) is 5.07. The number of hydrogen-bond acceptors (Lipinski definition) is 5. The highest BCUT2D eigenvalue weighted by atomic mass is 16.5. The average molecular weight is 293 g/mol. The first-order valence-electron chi connectivity index (χ1n) is 7.41. The van der Waals surface area contributed by atoms with E-state index in [1.807, 2.05) is 25.1 Å². The third-order valence-corrected chi connectivity index (χ3v) is 3.43. The van der Waals surface area contributed by atoms with E-state index in [9.17, 15) is 4.79 Å². The van der Waals surface area contributed by atoms with Crippen molar-refractivity contribution < 1.29 is 19.0 Å². The molecule has 0 spiro atoms. The Morgan fingerprint density at radius 1 is 1.33 bits per heavy atom. The molecule has 0 fully saturated rings. The summed E-state index contributed by atoms with van der Waals surface area (Å²) in [6.07, 6.45) is 2.00. The second kappa shape index (κ2) is 7.88. The van der Waals surface area contributed by atoms with E-state index >= 15 is 0 Å². The summed E-state index contributed by atoms with van der Waals surface area (Å²) in [5, 5.41) is 3.32. The Hall–Kier alpha value is -1.75. The van der Waals surface area contributed by atoms with Gasteiger partial charge in [0, 0.05) is 12.5 Å². The van der Waals surface area contributed by atoms with Crippen LogP contribution in [0.15, 0.2) is 18.2 Å². The fraction of sp³-hybridized carbons (Fsp3) is 0.562. The van der Waals surface area contributed by atoms with Crippen molar-refractivity contribution in [2.75, 3.05) is 26.9 Å². The summed E-state index contributed by atoms with van der Waals surface area (Å²) in [7, 11) is 1.42. The first kappa shape index (κ1) is 15.6. The molecule has 2 rings (SSSR count). The van der Waals surface area contributed by atoms with Crippen LogP contribution in [-0.4, -0.2) is 38.9 Å². The number of rotatable bonds is 6. The Labute approximate surface area is 125 Å². The average Bonchev–Trinajstić information content (AvgIpc) is 2.72. The van der Waals surface area contributed by atoms with E-state index in [2.05, 4.69) is 5.32 Å². The van der Waals surface area contributed by atoms with Crippen molar-refractivity contribution in [2.24, 2.45) is 0 Å². The van der Waals surface area contributed by atoms with E-state index in [-0.39, 0.29) is 12.0 Å². The van der Waals surface area contributed by atoms with Gasteiger partial charge in [-0.25, -0.2) is 0 Å². The highest BCUT2D eigenvalue weighted by Gasteiger charge is 2.16. The summed E-state index contributed by atoms with van der Waals surface area (Å²) < 4.78 is 16.1. The molecule has 0 radical (unpaired) electrons. The van der Waals surface area contributed by atoms with Gasteiger partial charge in [0.1, 0.15) is 0 Å². The predicted octanol–water partition coefficient (Wildman–Crippen LogP) is 1.93. The zero-order chi connectivity index (χ0) is 15.1. The molecule has 0 aliphatic carbocycles. The number of fused-ring (bicyclic) bond motifs is 1. The number of likely N-dealkylation sites (N-methyl/N-ethyl adjacent to an activating group) is 1. The first-order valence-corrected chi connectivity index (χ1v) is 7.41. The topological polar surface area (TPSA) is 56.8 Å². The van der Waals surface area contributed by atoms with E-state index in [0.717, 1.165) is 36.4 Å². The zero-order valence-electron chi connectivity index (χ0n) is 12.7. The molecule has 1 aliphatic heterocycles. The maximum Gasteiger partial charge on any atom is 0.307 e. The maximum atomic E-state index is 11.5. The van der Waals surface area contributed by atoms with E-state index in [4.69, 9.17) is 14.2 Å². The number of benzene rings is 1. The van der Waals surface area contributed by atoms with Crippen molar-refractivity contribution in [3.63, 3.8) is 0 Å². The minimum absolute atomic E-state index is 0.0622. The van der Waals surface area contributed by atoms with Crippen LogP contribution in [0, 0.1) is 0 Å². The molecule has 1 heterocycles. The number of methoxy groups -OCH3 is 1. The number of nitrogens with one attached hydrogen (secondary N) is 1. The van der Waals surface area contributed by atoms with Crippen LogP contribution in [0.4, 0.5) is 0 Å². The fourth-order valence-corrected chi connectivity index (χ4v) is 2.41. The van der Waals surface area contributed by atoms with Gasteiger partial charge in [-0.2, -0.15) is 0 Å². The standard InChI is InChI=1S/C16H23NO4/c1-3-17-13(11-16(18)19-2)9-12-5-6-14-15(10-12)21-8-4-7-20-14/h5-6,10,13,17H,3-4,7-9,11H2,1-2H3. The molecule has 0 saturated heterocycles. The molecular weight excluding hydrogens is 270 g/mol. The van der Waals surface area contributed by atoms with Gasteiger partial charge in [0.15, 0.2) is 11.5 Å². The van der Waals surface area contributed by atoms with Crippen LogP contribution in [-0.2, 0) is 16.0 Å². The van der Waals surface area contributed by atoms with Crippen molar-refractivity contribution in [2.45, 2.75) is 32.2 Å². The molecule has 1 unspecified atom stereocenters. The van der Waals surface area contributed by atoms with Gasteiger partial charge >= 0.3 is 5.97 Å². The van der Waals surface area contributed by atoms with E-state index in [1.54, 1.807) is 0 Å². The molecule has 0 aromatic heterocycles. The summed E-state index contributed by atoms with van der Waals surface area (Å²) >= 11 is 0. The van der Waals surface area contributed by atoms with Gasteiger partial charge < -0.3 is 19.5 Å². The summed E-state index contributed by atoms with van der Waals surface area (Å²) in [4.78, 5) is 11.5. The van der Waals surface area contributed by atoms with Crippen molar-refractivity contribution in [1.82, 2.24) is 5.32 Å².